The second-order valence-electron chi connectivity index (χ2n) is 8.02. The van der Waals surface area contributed by atoms with Gasteiger partial charge in [0.25, 0.3) is 10.0 Å². The third kappa shape index (κ3) is 4.93. The highest BCUT2D eigenvalue weighted by atomic mass is 35.5. The number of nitrogens with zero attached hydrogens (tertiary/aromatic N) is 1. The Morgan fingerprint density at radius 2 is 1.57 bits per heavy atom. The van der Waals surface area contributed by atoms with Crippen molar-refractivity contribution in [3.05, 3.63) is 108 Å². The first-order valence-corrected chi connectivity index (χ1v) is 13.7. The van der Waals surface area contributed by atoms with Gasteiger partial charge in [0.1, 0.15) is 6.54 Å². The molecule has 5 rings (SSSR count). The Balaban J connectivity index is 1.32. The molecule has 1 N–H and O–H groups in total. The number of hydrogen-bond donors (Lipinski definition) is 1. The lowest BCUT2D eigenvalue weighted by molar-refractivity contribution is -0.114. The van der Waals surface area contributed by atoms with Gasteiger partial charge < -0.3 is 5.32 Å². The molecular weight excluding hydrogens is 500 g/mol. The van der Waals surface area contributed by atoms with Gasteiger partial charge in [-0.25, -0.2) is 8.42 Å². The molecule has 0 atom stereocenters. The molecule has 0 bridgehead atoms. The number of carbonyl (C=O) groups is 1. The van der Waals surface area contributed by atoms with Crippen molar-refractivity contribution in [2.75, 3.05) is 16.2 Å². The second kappa shape index (κ2) is 9.77. The number of halogens is 1. The largest absolute Gasteiger partial charge is 0.325 e. The molecule has 0 spiro atoms. The second-order valence-corrected chi connectivity index (χ2v) is 11.3. The molecule has 5 nitrogen and oxygen atoms in total. The van der Waals surface area contributed by atoms with Crippen LogP contribution in [0.2, 0.25) is 5.02 Å². The van der Waals surface area contributed by atoms with E-state index in [0.29, 0.717) is 27.5 Å². The summed E-state index contributed by atoms with van der Waals surface area (Å²) in [6.45, 7) is -0.350. The van der Waals surface area contributed by atoms with Crippen LogP contribution in [-0.4, -0.2) is 20.9 Å². The number of nitrogens with one attached hydrogen (secondary N) is 1. The molecule has 8 heteroatoms. The van der Waals surface area contributed by atoms with E-state index in [2.05, 4.69) is 17.4 Å². The average Bonchev–Trinajstić information content (AvgIpc) is 2.87. The molecule has 176 valence electrons. The summed E-state index contributed by atoms with van der Waals surface area (Å²) < 4.78 is 27.9. The van der Waals surface area contributed by atoms with Crippen LogP contribution in [0.5, 0.6) is 0 Å². The van der Waals surface area contributed by atoms with Crippen LogP contribution in [0.15, 0.2) is 107 Å². The van der Waals surface area contributed by atoms with E-state index in [9.17, 15) is 13.2 Å². The highest BCUT2D eigenvalue weighted by molar-refractivity contribution is 7.98. The lowest BCUT2D eigenvalue weighted by Gasteiger charge is -2.31. The van der Waals surface area contributed by atoms with Gasteiger partial charge in [-0.3, -0.25) is 9.10 Å². The summed E-state index contributed by atoms with van der Waals surface area (Å²) in [6, 6.07) is 29.4. The summed E-state index contributed by atoms with van der Waals surface area (Å²) in [5.41, 5.74) is 3.41. The van der Waals surface area contributed by atoms with Crippen molar-refractivity contribution in [2.24, 2.45) is 0 Å². The molecule has 1 amide bonds. The monoisotopic (exact) mass is 520 g/mol. The molecule has 1 heterocycles. The predicted molar refractivity (Wildman–Crippen MR) is 142 cm³/mol. The molecule has 0 aromatic heterocycles. The minimum absolute atomic E-state index is 0.155. The van der Waals surface area contributed by atoms with Crippen molar-refractivity contribution in [1.82, 2.24) is 0 Å². The van der Waals surface area contributed by atoms with E-state index in [-0.39, 0.29) is 11.4 Å². The normalized spacial score (nSPS) is 13.6. The Bertz CT molecular complexity index is 1490. The number of sulfonamides is 1. The number of amides is 1. The molecule has 0 saturated heterocycles. The minimum atomic E-state index is -3.91. The van der Waals surface area contributed by atoms with Gasteiger partial charge in [0.15, 0.2) is 0 Å². The molecule has 4 aromatic rings. The highest BCUT2D eigenvalue weighted by Crippen LogP contribution is 2.43. The molecule has 0 unspecified atom stereocenters. The third-order valence-electron chi connectivity index (χ3n) is 5.65. The van der Waals surface area contributed by atoms with E-state index in [0.717, 1.165) is 15.6 Å². The smallest absolute Gasteiger partial charge is 0.265 e. The zero-order chi connectivity index (χ0) is 24.4. The maximum absolute atomic E-state index is 13.4. The lowest BCUT2D eigenvalue weighted by atomic mass is 10.0. The van der Waals surface area contributed by atoms with Gasteiger partial charge in [-0.1, -0.05) is 60.1 Å². The SMILES string of the molecule is O=C(CN1c2ccc(Cl)cc2-c2ccccc2S1(=O)=O)Nc1ccc(CSc2ccccc2)cc1. The summed E-state index contributed by atoms with van der Waals surface area (Å²) in [5.74, 6) is 0.378. The van der Waals surface area contributed by atoms with Crippen LogP contribution in [0.3, 0.4) is 0 Å². The van der Waals surface area contributed by atoms with E-state index in [4.69, 9.17) is 11.6 Å². The number of benzene rings is 4. The Kier molecular flexibility index (Phi) is 6.56. The lowest BCUT2D eigenvalue weighted by Crippen LogP contribution is -2.40. The fourth-order valence-corrected chi connectivity index (χ4v) is 6.67. The van der Waals surface area contributed by atoms with Crippen LogP contribution in [-0.2, 0) is 20.6 Å². The molecule has 1 aliphatic rings. The van der Waals surface area contributed by atoms with Crippen molar-refractivity contribution in [3.63, 3.8) is 0 Å². The minimum Gasteiger partial charge on any atom is -0.325 e. The van der Waals surface area contributed by atoms with Gasteiger partial charge in [0.2, 0.25) is 5.91 Å². The molecule has 35 heavy (non-hydrogen) atoms. The summed E-state index contributed by atoms with van der Waals surface area (Å²) in [5, 5.41) is 3.31. The van der Waals surface area contributed by atoms with Gasteiger partial charge in [-0.2, -0.15) is 0 Å². The zero-order valence-corrected chi connectivity index (χ0v) is 20.9. The number of anilines is 2. The van der Waals surface area contributed by atoms with E-state index >= 15 is 0 Å². The standard InChI is InChI=1S/C27H21ClN2O3S2/c28-20-12-15-25-24(16-20)23-8-4-5-9-26(23)35(32,33)30(25)17-27(31)29-21-13-10-19(11-14-21)18-34-22-6-2-1-3-7-22/h1-16H,17-18H2,(H,29,31). The van der Waals surface area contributed by atoms with Crippen LogP contribution < -0.4 is 9.62 Å². The number of rotatable bonds is 6. The predicted octanol–water partition coefficient (Wildman–Crippen LogP) is 6.45. The molecule has 0 radical (unpaired) electrons. The molecule has 0 aliphatic carbocycles. The van der Waals surface area contributed by atoms with E-state index < -0.39 is 15.9 Å². The van der Waals surface area contributed by atoms with Crippen LogP contribution >= 0.6 is 23.4 Å². The highest BCUT2D eigenvalue weighted by Gasteiger charge is 2.35. The Labute approximate surface area is 213 Å². The summed E-state index contributed by atoms with van der Waals surface area (Å²) in [7, 11) is -3.91. The van der Waals surface area contributed by atoms with Crippen molar-refractivity contribution < 1.29 is 13.2 Å². The summed E-state index contributed by atoms with van der Waals surface area (Å²) in [4.78, 5) is 14.3. The van der Waals surface area contributed by atoms with E-state index in [1.54, 1.807) is 54.2 Å². The molecular formula is C27H21ClN2O3S2. The molecule has 0 fully saturated rings. The van der Waals surface area contributed by atoms with Gasteiger partial charge in [0, 0.05) is 32.5 Å². The third-order valence-corrected chi connectivity index (χ3v) is 8.78. The fraction of sp³-hybridized carbons (Fsp3) is 0.0741. The van der Waals surface area contributed by atoms with Crippen molar-refractivity contribution in [1.29, 1.82) is 0 Å². The van der Waals surface area contributed by atoms with Gasteiger partial charge in [-0.15, -0.1) is 11.8 Å². The Morgan fingerprint density at radius 1 is 0.857 bits per heavy atom. The van der Waals surface area contributed by atoms with Gasteiger partial charge in [0.05, 0.1) is 10.6 Å². The quantitative estimate of drug-likeness (QED) is 0.297. The first-order chi connectivity index (χ1) is 16.9. The van der Waals surface area contributed by atoms with Crippen molar-refractivity contribution in [2.45, 2.75) is 15.5 Å². The number of fused-ring (bicyclic) bond motifs is 3. The Morgan fingerprint density at radius 3 is 2.34 bits per heavy atom. The zero-order valence-electron chi connectivity index (χ0n) is 18.5. The van der Waals surface area contributed by atoms with E-state index in [1.165, 1.54) is 4.90 Å². The number of hydrogen-bond acceptors (Lipinski definition) is 4. The topological polar surface area (TPSA) is 66.5 Å². The first-order valence-electron chi connectivity index (χ1n) is 10.9. The summed E-state index contributed by atoms with van der Waals surface area (Å²) >= 11 is 7.93. The van der Waals surface area contributed by atoms with Gasteiger partial charge >= 0.3 is 0 Å². The van der Waals surface area contributed by atoms with Crippen molar-refractivity contribution in [3.8, 4) is 11.1 Å². The van der Waals surface area contributed by atoms with E-state index in [1.807, 2.05) is 42.5 Å². The maximum atomic E-state index is 13.4. The Hall–Kier alpha value is -3.26. The fourth-order valence-electron chi connectivity index (χ4n) is 3.97. The average molecular weight is 521 g/mol. The van der Waals surface area contributed by atoms with Crippen LogP contribution in [0, 0.1) is 0 Å². The number of carbonyl (C=O) groups excluding carboxylic acids is 1. The van der Waals surface area contributed by atoms with Gasteiger partial charge in [-0.05, 0) is 54.1 Å². The van der Waals surface area contributed by atoms with Crippen molar-refractivity contribution >= 4 is 50.7 Å². The maximum Gasteiger partial charge on any atom is 0.265 e. The summed E-state index contributed by atoms with van der Waals surface area (Å²) in [6.07, 6.45) is 0. The van der Waals surface area contributed by atoms with Crippen LogP contribution in [0.25, 0.3) is 11.1 Å². The molecule has 0 saturated carbocycles. The van der Waals surface area contributed by atoms with Crippen LogP contribution in [0.1, 0.15) is 5.56 Å². The molecule has 4 aromatic carbocycles. The number of thioether (sulfide) groups is 1. The molecule has 1 aliphatic heterocycles. The first kappa shape index (κ1) is 23.5. The van der Waals surface area contributed by atoms with Crippen LogP contribution in [0.4, 0.5) is 11.4 Å².